The Morgan fingerprint density at radius 1 is 1.17 bits per heavy atom. The smallest absolute Gasteiger partial charge is 0.338 e. The van der Waals surface area contributed by atoms with Gasteiger partial charge in [0.25, 0.3) is 0 Å². The summed E-state index contributed by atoms with van der Waals surface area (Å²) in [5.74, 6) is -0.253. The van der Waals surface area contributed by atoms with E-state index in [9.17, 15) is 4.79 Å². The molecule has 0 unspecified atom stereocenters. The number of carbonyl (C=O) groups is 1. The molecule has 2 aliphatic rings. The number of hydrogen-bond acceptors (Lipinski definition) is 5. The Balaban J connectivity index is 1.55. The summed E-state index contributed by atoms with van der Waals surface area (Å²) < 4.78 is 10.7. The third-order valence-corrected chi connectivity index (χ3v) is 4.67. The van der Waals surface area contributed by atoms with Gasteiger partial charge in [0.2, 0.25) is 0 Å². The average molecular weight is 318 g/mol. The third kappa shape index (κ3) is 4.03. The SMILES string of the molecule is CC(C)N1CCN(c2ccc(C(=O)O[C@@H]3CCOC3)cc2)CC1. The second-order valence-electron chi connectivity index (χ2n) is 6.55. The van der Waals surface area contributed by atoms with Crippen molar-refractivity contribution in [2.45, 2.75) is 32.4 Å². The minimum absolute atomic E-state index is 0.0914. The molecule has 2 saturated heterocycles. The van der Waals surface area contributed by atoms with Crippen molar-refractivity contribution in [3.8, 4) is 0 Å². The molecule has 0 N–H and O–H groups in total. The fourth-order valence-corrected chi connectivity index (χ4v) is 3.13. The molecule has 1 aromatic rings. The molecule has 23 heavy (non-hydrogen) atoms. The van der Waals surface area contributed by atoms with Gasteiger partial charge in [0.1, 0.15) is 6.10 Å². The molecule has 2 heterocycles. The predicted molar refractivity (Wildman–Crippen MR) is 90.0 cm³/mol. The topological polar surface area (TPSA) is 42.0 Å². The van der Waals surface area contributed by atoms with E-state index in [0.29, 0.717) is 24.8 Å². The number of hydrogen-bond donors (Lipinski definition) is 0. The quantitative estimate of drug-likeness (QED) is 0.796. The number of carbonyl (C=O) groups excluding carboxylic acids is 1. The lowest BCUT2D eigenvalue weighted by Crippen LogP contribution is -2.48. The molecule has 126 valence electrons. The molecule has 0 aromatic heterocycles. The molecule has 0 bridgehead atoms. The lowest BCUT2D eigenvalue weighted by Gasteiger charge is -2.38. The van der Waals surface area contributed by atoms with Gasteiger partial charge in [0, 0.05) is 44.3 Å². The van der Waals surface area contributed by atoms with Gasteiger partial charge in [0.05, 0.1) is 18.8 Å². The Bertz CT molecular complexity index is 516. The first-order valence-electron chi connectivity index (χ1n) is 8.51. The highest BCUT2D eigenvalue weighted by molar-refractivity contribution is 5.90. The molecule has 5 heteroatoms. The maximum absolute atomic E-state index is 12.1. The second-order valence-corrected chi connectivity index (χ2v) is 6.55. The molecule has 2 fully saturated rings. The number of rotatable bonds is 4. The molecule has 5 nitrogen and oxygen atoms in total. The van der Waals surface area contributed by atoms with Crippen LogP contribution < -0.4 is 4.90 Å². The van der Waals surface area contributed by atoms with E-state index >= 15 is 0 Å². The lowest BCUT2D eigenvalue weighted by atomic mass is 10.1. The van der Waals surface area contributed by atoms with Gasteiger partial charge in [-0.1, -0.05) is 0 Å². The van der Waals surface area contributed by atoms with Crippen molar-refractivity contribution in [3.05, 3.63) is 29.8 Å². The van der Waals surface area contributed by atoms with Crippen molar-refractivity contribution in [1.29, 1.82) is 0 Å². The van der Waals surface area contributed by atoms with E-state index in [1.165, 1.54) is 5.69 Å². The summed E-state index contributed by atoms with van der Waals surface area (Å²) in [6.07, 6.45) is 0.704. The molecular weight excluding hydrogens is 292 g/mol. The van der Waals surface area contributed by atoms with E-state index in [1.54, 1.807) is 0 Å². The first-order valence-corrected chi connectivity index (χ1v) is 8.51. The van der Waals surface area contributed by atoms with Crippen LogP contribution in [0.2, 0.25) is 0 Å². The molecule has 1 atom stereocenters. The molecule has 0 saturated carbocycles. The Morgan fingerprint density at radius 3 is 2.43 bits per heavy atom. The monoisotopic (exact) mass is 318 g/mol. The van der Waals surface area contributed by atoms with Crippen molar-refractivity contribution < 1.29 is 14.3 Å². The van der Waals surface area contributed by atoms with Gasteiger partial charge < -0.3 is 14.4 Å². The van der Waals surface area contributed by atoms with Gasteiger partial charge in [-0.15, -0.1) is 0 Å². The van der Waals surface area contributed by atoms with E-state index in [-0.39, 0.29) is 12.1 Å². The largest absolute Gasteiger partial charge is 0.456 e. The summed E-state index contributed by atoms with van der Waals surface area (Å²) in [7, 11) is 0. The first-order chi connectivity index (χ1) is 11.1. The Kier molecular flexibility index (Phi) is 5.18. The minimum Gasteiger partial charge on any atom is -0.456 e. The summed E-state index contributed by atoms with van der Waals surface area (Å²) in [4.78, 5) is 17.0. The van der Waals surface area contributed by atoms with Gasteiger partial charge in [-0.2, -0.15) is 0 Å². The molecule has 2 aliphatic heterocycles. The van der Waals surface area contributed by atoms with Gasteiger partial charge in [-0.05, 0) is 38.1 Å². The van der Waals surface area contributed by atoms with Crippen LogP contribution in [0.15, 0.2) is 24.3 Å². The molecule has 0 amide bonds. The molecule has 0 aliphatic carbocycles. The fraction of sp³-hybridized carbons (Fsp3) is 0.611. The minimum atomic E-state index is -0.253. The normalized spacial score (nSPS) is 22.6. The van der Waals surface area contributed by atoms with E-state index in [2.05, 4.69) is 23.6 Å². The highest BCUT2D eigenvalue weighted by atomic mass is 16.6. The summed E-state index contributed by atoms with van der Waals surface area (Å²) in [6.45, 7) is 9.91. The van der Waals surface area contributed by atoms with E-state index in [4.69, 9.17) is 9.47 Å². The summed E-state index contributed by atoms with van der Waals surface area (Å²) in [6, 6.07) is 8.37. The second kappa shape index (κ2) is 7.32. The fourth-order valence-electron chi connectivity index (χ4n) is 3.13. The lowest BCUT2D eigenvalue weighted by molar-refractivity contribution is 0.0270. The van der Waals surface area contributed by atoms with Gasteiger partial charge in [-0.25, -0.2) is 4.79 Å². The molecular formula is C18H26N2O3. The van der Waals surface area contributed by atoms with Crippen LogP contribution in [0.3, 0.4) is 0 Å². The summed E-state index contributed by atoms with van der Waals surface area (Å²) in [5, 5.41) is 0. The third-order valence-electron chi connectivity index (χ3n) is 4.67. The van der Waals surface area contributed by atoms with Crippen molar-refractivity contribution in [2.75, 3.05) is 44.3 Å². The summed E-state index contributed by atoms with van der Waals surface area (Å²) >= 11 is 0. The number of benzene rings is 1. The van der Waals surface area contributed by atoms with Crippen LogP contribution in [0.5, 0.6) is 0 Å². The highest BCUT2D eigenvalue weighted by Crippen LogP contribution is 2.19. The molecule has 3 rings (SSSR count). The van der Waals surface area contributed by atoms with Gasteiger partial charge >= 0.3 is 5.97 Å². The predicted octanol–water partition coefficient (Wildman–Crippen LogP) is 2.16. The van der Waals surface area contributed by atoms with Crippen molar-refractivity contribution in [1.82, 2.24) is 4.90 Å². The molecule has 1 aromatic carbocycles. The number of ether oxygens (including phenoxy) is 2. The average Bonchev–Trinajstić information content (AvgIpc) is 3.08. The van der Waals surface area contributed by atoms with E-state index < -0.39 is 0 Å². The van der Waals surface area contributed by atoms with Crippen molar-refractivity contribution >= 4 is 11.7 Å². The molecule has 0 spiro atoms. The highest BCUT2D eigenvalue weighted by Gasteiger charge is 2.22. The number of esters is 1. The van der Waals surface area contributed by atoms with Crippen LogP contribution >= 0.6 is 0 Å². The van der Waals surface area contributed by atoms with Crippen LogP contribution in [-0.4, -0.2) is 62.4 Å². The number of piperazine rings is 1. The van der Waals surface area contributed by atoms with E-state index in [1.807, 2.05) is 24.3 Å². The zero-order valence-corrected chi connectivity index (χ0v) is 14.0. The first kappa shape index (κ1) is 16.3. The number of nitrogens with zero attached hydrogens (tertiary/aromatic N) is 2. The summed E-state index contributed by atoms with van der Waals surface area (Å²) in [5.41, 5.74) is 1.79. The van der Waals surface area contributed by atoms with Gasteiger partial charge in [0.15, 0.2) is 0 Å². The van der Waals surface area contributed by atoms with Crippen molar-refractivity contribution in [3.63, 3.8) is 0 Å². The van der Waals surface area contributed by atoms with Crippen LogP contribution in [0, 0.1) is 0 Å². The zero-order chi connectivity index (χ0) is 16.2. The molecule has 0 radical (unpaired) electrons. The number of anilines is 1. The standard InChI is InChI=1S/C18H26N2O3/c1-14(2)19-8-10-20(11-9-19)16-5-3-15(4-6-16)18(21)23-17-7-12-22-13-17/h3-6,14,17H,7-13H2,1-2H3/t17-/m1/s1. The van der Waals surface area contributed by atoms with Crippen LogP contribution in [0.4, 0.5) is 5.69 Å². The maximum atomic E-state index is 12.1. The Labute approximate surface area is 138 Å². The van der Waals surface area contributed by atoms with E-state index in [0.717, 1.165) is 32.6 Å². The zero-order valence-electron chi connectivity index (χ0n) is 14.0. The van der Waals surface area contributed by atoms with Gasteiger partial charge in [-0.3, -0.25) is 4.90 Å². The van der Waals surface area contributed by atoms with Crippen molar-refractivity contribution in [2.24, 2.45) is 0 Å². The Morgan fingerprint density at radius 2 is 1.87 bits per heavy atom. The maximum Gasteiger partial charge on any atom is 0.338 e. The van der Waals surface area contributed by atoms with Crippen LogP contribution in [0.1, 0.15) is 30.6 Å². The Hall–Kier alpha value is -1.59. The van der Waals surface area contributed by atoms with Crippen LogP contribution in [0.25, 0.3) is 0 Å². The van der Waals surface area contributed by atoms with Crippen LogP contribution in [-0.2, 0) is 9.47 Å².